The van der Waals surface area contributed by atoms with E-state index in [1.165, 1.54) is 32.1 Å². The first kappa shape index (κ1) is 12.5. The Kier molecular flexibility index (Phi) is 6.41. The van der Waals surface area contributed by atoms with Crippen molar-refractivity contribution in [3.8, 4) is 0 Å². The first-order valence-electron chi connectivity index (χ1n) is 6.33. The minimum absolute atomic E-state index is 0.283. The molecule has 1 N–H and O–H groups in total. The molecule has 0 atom stereocenters. The van der Waals surface area contributed by atoms with E-state index in [9.17, 15) is 4.79 Å². The first-order chi connectivity index (χ1) is 7.34. The maximum Gasteiger partial charge on any atom is 0.236 e. The summed E-state index contributed by atoms with van der Waals surface area (Å²) in [6.07, 6.45) is 7.36. The van der Waals surface area contributed by atoms with Crippen molar-refractivity contribution < 1.29 is 4.79 Å². The lowest BCUT2D eigenvalue weighted by Gasteiger charge is -2.24. The Bertz CT molecular complexity index is 174. The summed E-state index contributed by atoms with van der Waals surface area (Å²) in [6, 6.07) is 0. The summed E-state index contributed by atoms with van der Waals surface area (Å²) in [5.41, 5.74) is 0. The number of likely N-dealkylation sites (tertiary alicyclic amines) is 1. The van der Waals surface area contributed by atoms with Crippen LogP contribution in [0.4, 0.5) is 0 Å². The Morgan fingerprint density at radius 1 is 1.13 bits per heavy atom. The predicted octanol–water partition coefficient (Wildman–Crippen LogP) is 1.78. The predicted molar refractivity (Wildman–Crippen MR) is 62.8 cm³/mol. The summed E-state index contributed by atoms with van der Waals surface area (Å²) in [5, 5.41) is 3.18. The lowest BCUT2D eigenvalue weighted by atomic mass is 10.1. The van der Waals surface area contributed by atoms with Gasteiger partial charge in [-0.3, -0.25) is 4.79 Å². The lowest BCUT2D eigenvalue weighted by Crippen LogP contribution is -2.40. The molecule has 1 amide bonds. The number of hydrogen-bond donors (Lipinski definition) is 1. The fraction of sp³-hybridized carbons (Fsp3) is 0.917. The maximum absolute atomic E-state index is 11.8. The van der Waals surface area contributed by atoms with Crippen LogP contribution in [0.1, 0.15) is 45.4 Å². The number of nitrogens with one attached hydrogen (secondary N) is 1. The van der Waals surface area contributed by atoms with Crippen molar-refractivity contribution in [1.82, 2.24) is 10.2 Å². The van der Waals surface area contributed by atoms with E-state index in [0.29, 0.717) is 6.54 Å². The van der Waals surface area contributed by atoms with E-state index in [0.717, 1.165) is 26.1 Å². The van der Waals surface area contributed by atoms with Gasteiger partial charge in [0.05, 0.1) is 6.54 Å². The van der Waals surface area contributed by atoms with Gasteiger partial charge in [-0.25, -0.2) is 0 Å². The second-order valence-corrected chi connectivity index (χ2v) is 4.33. The summed E-state index contributed by atoms with van der Waals surface area (Å²) in [5.74, 6) is 0.283. The first-order valence-corrected chi connectivity index (χ1v) is 6.33. The molecule has 1 heterocycles. The minimum Gasteiger partial charge on any atom is -0.342 e. The Balaban J connectivity index is 2.22. The molecule has 0 aliphatic carbocycles. The van der Waals surface area contributed by atoms with Gasteiger partial charge in [-0.2, -0.15) is 0 Å². The molecule has 3 heteroatoms. The zero-order valence-electron chi connectivity index (χ0n) is 9.93. The quantitative estimate of drug-likeness (QED) is 0.720. The highest BCUT2D eigenvalue weighted by Crippen LogP contribution is 2.10. The molecule has 1 aliphatic heterocycles. The molecule has 3 nitrogen and oxygen atoms in total. The third-order valence-electron chi connectivity index (χ3n) is 2.91. The van der Waals surface area contributed by atoms with Crippen molar-refractivity contribution in [3.05, 3.63) is 0 Å². The zero-order valence-corrected chi connectivity index (χ0v) is 9.93. The zero-order chi connectivity index (χ0) is 10.9. The standard InChI is InChI=1S/C12H24N2O/c1-2-8-13-11-12(15)14-9-6-4-3-5-7-10-14/h13H,2-11H2,1H3. The minimum atomic E-state index is 0.283. The van der Waals surface area contributed by atoms with Gasteiger partial charge < -0.3 is 10.2 Å². The summed E-state index contributed by atoms with van der Waals surface area (Å²) >= 11 is 0. The maximum atomic E-state index is 11.8. The number of rotatable bonds is 4. The highest BCUT2D eigenvalue weighted by Gasteiger charge is 2.13. The van der Waals surface area contributed by atoms with Crippen LogP contribution < -0.4 is 5.32 Å². The molecule has 0 unspecified atom stereocenters. The normalized spacial score (nSPS) is 18.3. The largest absolute Gasteiger partial charge is 0.342 e. The van der Waals surface area contributed by atoms with Crippen LogP contribution in [0.5, 0.6) is 0 Å². The second kappa shape index (κ2) is 7.69. The Morgan fingerprint density at radius 2 is 1.73 bits per heavy atom. The molecule has 1 rings (SSSR count). The third kappa shape index (κ3) is 5.17. The average molecular weight is 212 g/mol. The van der Waals surface area contributed by atoms with Crippen LogP contribution in [0, 0.1) is 0 Å². The highest BCUT2D eigenvalue weighted by molar-refractivity contribution is 5.78. The molecule has 0 bridgehead atoms. The number of amides is 1. The van der Waals surface area contributed by atoms with E-state index in [-0.39, 0.29) is 5.91 Å². The van der Waals surface area contributed by atoms with Crippen molar-refractivity contribution in [2.45, 2.75) is 45.4 Å². The number of hydrogen-bond acceptors (Lipinski definition) is 2. The molecule has 1 aliphatic rings. The molecule has 0 aromatic rings. The Morgan fingerprint density at radius 3 is 2.33 bits per heavy atom. The lowest BCUT2D eigenvalue weighted by molar-refractivity contribution is -0.130. The molecule has 15 heavy (non-hydrogen) atoms. The summed E-state index contributed by atoms with van der Waals surface area (Å²) in [6.45, 7) is 5.51. The van der Waals surface area contributed by atoms with Crippen LogP contribution in [-0.2, 0) is 4.79 Å². The second-order valence-electron chi connectivity index (χ2n) is 4.33. The highest BCUT2D eigenvalue weighted by atomic mass is 16.2. The van der Waals surface area contributed by atoms with Crippen LogP contribution in [0.15, 0.2) is 0 Å². The molecular weight excluding hydrogens is 188 g/mol. The van der Waals surface area contributed by atoms with Crippen LogP contribution >= 0.6 is 0 Å². The van der Waals surface area contributed by atoms with Gasteiger partial charge in [0, 0.05) is 13.1 Å². The molecule has 0 radical (unpaired) electrons. The van der Waals surface area contributed by atoms with E-state index < -0.39 is 0 Å². The van der Waals surface area contributed by atoms with Gasteiger partial charge in [-0.15, -0.1) is 0 Å². The van der Waals surface area contributed by atoms with Crippen LogP contribution in [0.3, 0.4) is 0 Å². The molecule has 1 saturated heterocycles. The van der Waals surface area contributed by atoms with Gasteiger partial charge in [-0.1, -0.05) is 26.2 Å². The van der Waals surface area contributed by atoms with Crippen molar-refractivity contribution >= 4 is 5.91 Å². The number of carbonyl (C=O) groups excluding carboxylic acids is 1. The number of carbonyl (C=O) groups is 1. The molecular formula is C12H24N2O. The summed E-state index contributed by atoms with van der Waals surface area (Å²) in [7, 11) is 0. The van der Waals surface area contributed by atoms with Gasteiger partial charge in [0.25, 0.3) is 0 Å². The average Bonchev–Trinajstić information content (AvgIpc) is 2.17. The van der Waals surface area contributed by atoms with Crippen molar-refractivity contribution in [1.29, 1.82) is 0 Å². The van der Waals surface area contributed by atoms with E-state index in [4.69, 9.17) is 0 Å². The Labute approximate surface area is 93.2 Å². The van der Waals surface area contributed by atoms with Crippen LogP contribution in [-0.4, -0.2) is 37.0 Å². The van der Waals surface area contributed by atoms with Gasteiger partial charge in [0.15, 0.2) is 0 Å². The fourth-order valence-electron chi connectivity index (χ4n) is 1.98. The van der Waals surface area contributed by atoms with Gasteiger partial charge >= 0.3 is 0 Å². The Hall–Kier alpha value is -0.570. The molecule has 0 aromatic heterocycles. The number of nitrogens with zero attached hydrogens (tertiary/aromatic N) is 1. The van der Waals surface area contributed by atoms with E-state index >= 15 is 0 Å². The summed E-state index contributed by atoms with van der Waals surface area (Å²) in [4.78, 5) is 13.8. The third-order valence-corrected chi connectivity index (χ3v) is 2.91. The molecule has 0 spiro atoms. The summed E-state index contributed by atoms with van der Waals surface area (Å²) < 4.78 is 0. The molecule has 0 saturated carbocycles. The smallest absolute Gasteiger partial charge is 0.236 e. The van der Waals surface area contributed by atoms with Crippen LogP contribution in [0.2, 0.25) is 0 Å². The van der Waals surface area contributed by atoms with E-state index in [2.05, 4.69) is 12.2 Å². The van der Waals surface area contributed by atoms with Gasteiger partial charge in [0.1, 0.15) is 0 Å². The topological polar surface area (TPSA) is 32.3 Å². The van der Waals surface area contributed by atoms with Gasteiger partial charge in [0.2, 0.25) is 5.91 Å². The van der Waals surface area contributed by atoms with E-state index in [1.807, 2.05) is 4.90 Å². The van der Waals surface area contributed by atoms with Crippen molar-refractivity contribution in [3.63, 3.8) is 0 Å². The molecule has 88 valence electrons. The van der Waals surface area contributed by atoms with E-state index in [1.54, 1.807) is 0 Å². The van der Waals surface area contributed by atoms with Gasteiger partial charge in [-0.05, 0) is 25.8 Å². The fourth-order valence-corrected chi connectivity index (χ4v) is 1.98. The molecule has 0 aromatic carbocycles. The monoisotopic (exact) mass is 212 g/mol. The molecule has 1 fully saturated rings. The van der Waals surface area contributed by atoms with Crippen molar-refractivity contribution in [2.75, 3.05) is 26.2 Å². The van der Waals surface area contributed by atoms with Crippen molar-refractivity contribution in [2.24, 2.45) is 0 Å². The SMILES string of the molecule is CCCNCC(=O)N1CCCCCCC1. The van der Waals surface area contributed by atoms with Crippen LogP contribution in [0.25, 0.3) is 0 Å².